The van der Waals surface area contributed by atoms with Crippen LogP contribution in [-0.4, -0.2) is 22.2 Å². The second kappa shape index (κ2) is 7.17. The van der Waals surface area contributed by atoms with Crippen molar-refractivity contribution in [1.29, 1.82) is 0 Å². The van der Waals surface area contributed by atoms with Gasteiger partial charge in [-0.25, -0.2) is 0 Å². The molecular weight excluding hydrogens is 353 g/mol. The lowest BCUT2D eigenvalue weighted by Crippen LogP contribution is -2.31. The standard InChI is InChI=1S/C16H13Cl2N3OS/c17-12-5-4-11(9-13(12)18)16(22)19-10-14(15-3-1-8-23-15)21-7-2-6-20-21/h1-9,14H,10H2,(H,19,22). The van der Waals surface area contributed by atoms with Gasteiger partial charge in [0.05, 0.1) is 10.0 Å². The van der Waals surface area contributed by atoms with Crippen molar-refractivity contribution in [3.63, 3.8) is 0 Å². The normalized spacial score (nSPS) is 12.1. The molecule has 2 heterocycles. The van der Waals surface area contributed by atoms with Crippen molar-refractivity contribution in [3.8, 4) is 0 Å². The predicted octanol–water partition coefficient (Wildman–Crippen LogP) is 4.27. The molecule has 3 rings (SSSR count). The maximum absolute atomic E-state index is 12.3. The molecule has 0 radical (unpaired) electrons. The molecule has 0 fully saturated rings. The van der Waals surface area contributed by atoms with Crippen LogP contribution in [0.2, 0.25) is 10.0 Å². The zero-order chi connectivity index (χ0) is 16.2. The Bertz CT molecular complexity index is 754. The average Bonchev–Trinajstić information content (AvgIpc) is 3.24. The Morgan fingerprint density at radius 1 is 1.26 bits per heavy atom. The molecule has 4 nitrogen and oxygen atoms in total. The second-order valence-electron chi connectivity index (χ2n) is 4.86. The van der Waals surface area contributed by atoms with Gasteiger partial charge in [0.1, 0.15) is 6.04 Å². The molecule has 1 N–H and O–H groups in total. The molecule has 1 atom stereocenters. The van der Waals surface area contributed by atoms with Crippen LogP contribution in [0.15, 0.2) is 54.2 Å². The van der Waals surface area contributed by atoms with Crippen molar-refractivity contribution in [3.05, 3.63) is 74.7 Å². The maximum atomic E-state index is 12.3. The van der Waals surface area contributed by atoms with Crippen LogP contribution in [0.25, 0.3) is 0 Å². The highest BCUT2D eigenvalue weighted by Gasteiger charge is 2.17. The van der Waals surface area contributed by atoms with E-state index in [1.54, 1.807) is 35.7 Å². The number of halogens is 2. The third-order valence-electron chi connectivity index (χ3n) is 3.35. The van der Waals surface area contributed by atoms with Crippen LogP contribution in [0.1, 0.15) is 21.3 Å². The van der Waals surface area contributed by atoms with Crippen molar-refractivity contribution in [2.45, 2.75) is 6.04 Å². The first-order valence-corrected chi connectivity index (χ1v) is 8.54. The van der Waals surface area contributed by atoms with E-state index in [2.05, 4.69) is 10.4 Å². The number of amides is 1. The first kappa shape index (κ1) is 16.1. The number of hydrogen-bond acceptors (Lipinski definition) is 3. The first-order valence-electron chi connectivity index (χ1n) is 6.91. The molecule has 1 amide bonds. The molecule has 0 saturated heterocycles. The van der Waals surface area contributed by atoms with Gasteiger partial charge in [0.2, 0.25) is 0 Å². The number of carbonyl (C=O) groups is 1. The Balaban J connectivity index is 1.74. The quantitative estimate of drug-likeness (QED) is 0.733. The van der Waals surface area contributed by atoms with E-state index in [-0.39, 0.29) is 11.9 Å². The minimum absolute atomic E-state index is 0.0447. The van der Waals surface area contributed by atoms with Crippen LogP contribution in [-0.2, 0) is 0 Å². The summed E-state index contributed by atoms with van der Waals surface area (Å²) in [5.74, 6) is -0.197. The van der Waals surface area contributed by atoms with Gasteiger partial charge in [-0.2, -0.15) is 5.10 Å². The third-order valence-corrected chi connectivity index (χ3v) is 5.07. The largest absolute Gasteiger partial charge is 0.350 e. The second-order valence-corrected chi connectivity index (χ2v) is 6.65. The average molecular weight is 366 g/mol. The lowest BCUT2D eigenvalue weighted by molar-refractivity contribution is 0.0949. The molecule has 0 aliphatic carbocycles. The summed E-state index contributed by atoms with van der Waals surface area (Å²) in [6, 6.07) is 10.7. The minimum Gasteiger partial charge on any atom is -0.350 e. The van der Waals surface area contributed by atoms with Gasteiger partial charge in [0, 0.05) is 29.4 Å². The third kappa shape index (κ3) is 3.75. The smallest absolute Gasteiger partial charge is 0.251 e. The number of benzene rings is 1. The van der Waals surface area contributed by atoms with Crippen molar-refractivity contribution in [1.82, 2.24) is 15.1 Å². The minimum atomic E-state index is -0.197. The summed E-state index contributed by atoms with van der Waals surface area (Å²) in [4.78, 5) is 13.4. The molecule has 2 aromatic heterocycles. The van der Waals surface area contributed by atoms with Crippen molar-refractivity contribution >= 4 is 40.4 Å². The van der Waals surface area contributed by atoms with Crippen LogP contribution in [0.3, 0.4) is 0 Å². The van der Waals surface area contributed by atoms with Gasteiger partial charge >= 0.3 is 0 Å². The number of nitrogens with one attached hydrogen (secondary N) is 1. The highest BCUT2D eigenvalue weighted by Crippen LogP contribution is 2.24. The summed E-state index contributed by atoms with van der Waals surface area (Å²) < 4.78 is 1.83. The topological polar surface area (TPSA) is 46.9 Å². The Morgan fingerprint density at radius 3 is 2.78 bits per heavy atom. The van der Waals surface area contributed by atoms with Gasteiger partial charge in [-0.1, -0.05) is 29.3 Å². The highest BCUT2D eigenvalue weighted by molar-refractivity contribution is 7.10. The van der Waals surface area contributed by atoms with E-state index in [0.717, 1.165) is 4.88 Å². The van der Waals surface area contributed by atoms with Gasteiger partial charge in [-0.3, -0.25) is 9.48 Å². The van der Waals surface area contributed by atoms with E-state index in [4.69, 9.17) is 23.2 Å². The van der Waals surface area contributed by atoms with E-state index in [0.29, 0.717) is 22.2 Å². The van der Waals surface area contributed by atoms with E-state index in [1.807, 2.05) is 34.5 Å². The molecule has 3 aromatic rings. The lowest BCUT2D eigenvalue weighted by atomic mass is 10.2. The van der Waals surface area contributed by atoms with Gasteiger partial charge in [-0.15, -0.1) is 11.3 Å². The van der Waals surface area contributed by atoms with Gasteiger partial charge in [0.15, 0.2) is 0 Å². The summed E-state index contributed by atoms with van der Waals surface area (Å²) in [6.45, 7) is 0.432. The fourth-order valence-electron chi connectivity index (χ4n) is 2.20. The fraction of sp³-hybridized carbons (Fsp3) is 0.125. The summed E-state index contributed by atoms with van der Waals surface area (Å²) >= 11 is 13.5. The molecule has 7 heteroatoms. The van der Waals surface area contributed by atoms with Crippen LogP contribution < -0.4 is 5.32 Å². The summed E-state index contributed by atoms with van der Waals surface area (Å²) in [7, 11) is 0. The molecule has 1 aromatic carbocycles. The van der Waals surface area contributed by atoms with Crippen LogP contribution >= 0.6 is 34.5 Å². The number of aromatic nitrogens is 2. The first-order chi connectivity index (χ1) is 11.1. The predicted molar refractivity (Wildman–Crippen MR) is 93.5 cm³/mol. The Labute approximate surface area is 147 Å². The zero-order valence-corrected chi connectivity index (χ0v) is 14.3. The zero-order valence-electron chi connectivity index (χ0n) is 11.9. The SMILES string of the molecule is O=C(NCC(c1cccs1)n1cccn1)c1ccc(Cl)c(Cl)c1. The van der Waals surface area contributed by atoms with Crippen LogP contribution in [0, 0.1) is 0 Å². The van der Waals surface area contributed by atoms with Gasteiger partial charge < -0.3 is 5.32 Å². The number of carbonyl (C=O) groups excluding carboxylic acids is 1. The Hall–Kier alpha value is -1.82. The lowest BCUT2D eigenvalue weighted by Gasteiger charge is -2.17. The number of thiophene rings is 1. The summed E-state index contributed by atoms with van der Waals surface area (Å²) in [6.07, 6.45) is 3.61. The van der Waals surface area contributed by atoms with E-state index < -0.39 is 0 Å². The molecule has 0 aliphatic heterocycles. The molecule has 1 unspecified atom stereocenters. The Morgan fingerprint density at radius 2 is 2.13 bits per heavy atom. The van der Waals surface area contributed by atoms with Gasteiger partial charge in [0.25, 0.3) is 5.91 Å². The van der Waals surface area contributed by atoms with Crippen LogP contribution in [0.5, 0.6) is 0 Å². The number of rotatable bonds is 5. The number of nitrogens with zero attached hydrogens (tertiary/aromatic N) is 2. The molecule has 23 heavy (non-hydrogen) atoms. The van der Waals surface area contributed by atoms with E-state index in [1.165, 1.54) is 0 Å². The van der Waals surface area contributed by atoms with Crippen molar-refractivity contribution in [2.24, 2.45) is 0 Å². The molecule has 0 saturated carbocycles. The van der Waals surface area contributed by atoms with Crippen LogP contribution in [0.4, 0.5) is 0 Å². The Kier molecular flexibility index (Phi) is 5.00. The molecule has 0 aliphatic rings. The highest BCUT2D eigenvalue weighted by atomic mass is 35.5. The van der Waals surface area contributed by atoms with E-state index >= 15 is 0 Å². The van der Waals surface area contributed by atoms with Gasteiger partial charge in [-0.05, 0) is 35.7 Å². The summed E-state index contributed by atoms with van der Waals surface area (Å²) in [5.41, 5.74) is 0.477. The fourth-order valence-corrected chi connectivity index (χ4v) is 3.32. The molecule has 0 bridgehead atoms. The monoisotopic (exact) mass is 365 g/mol. The summed E-state index contributed by atoms with van der Waals surface area (Å²) in [5, 5.41) is 10.0. The van der Waals surface area contributed by atoms with Crippen molar-refractivity contribution < 1.29 is 4.79 Å². The molecule has 0 spiro atoms. The van der Waals surface area contributed by atoms with E-state index in [9.17, 15) is 4.79 Å². The molecule has 118 valence electrons. The maximum Gasteiger partial charge on any atom is 0.251 e. The van der Waals surface area contributed by atoms with Crippen molar-refractivity contribution in [2.75, 3.05) is 6.54 Å². The number of hydrogen-bond donors (Lipinski definition) is 1. The molecular formula is C16H13Cl2N3OS.